The number of nitrogens with two attached hydrogens (primary N) is 1. The first kappa shape index (κ1) is 16.6. The standard InChI is InChI=1S/C14H20N4O3S/c1-9(2)22(15,21)11-7-5-10(6-8-11)12-14(3,17-20)13(19)18(4)16-12/h5-8,17,20H,1-4H3,(H2,15,21). The van der Waals surface area contributed by atoms with Crippen LogP contribution in [0.25, 0.3) is 0 Å². The molecule has 0 bridgehead atoms. The van der Waals surface area contributed by atoms with Crippen LogP contribution in [0.3, 0.4) is 0 Å². The number of nitrogens with one attached hydrogen (secondary N) is 1. The predicted octanol–water partition coefficient (Wildman–Crippen LogP) is 0.329. The Morgan fingerprint density at radius 2 is 1.91 bits per heavy atom. The minimum absolute atomic E-state index is 0.366. The van der Waals surface area contributed by atoms with E-state index in [1.165, 1.54) is 12.1 Å². The van der Waals surface area contributed by atoms with Crippen LogP contribution in [0.15, 0.2) is 34.3 Å². The van der Waals surface area contributed by atoms with Crippen LogP contribution in [0.2, 0.25) is 0 Å². The lowest BCUT2D eigenvalue weighted by Gasteiger charge is -2.22. The molecule has 0 aromatic heterocycles. The molecule has 7 nitrogen and oxygen atoms in total. The third-order valence-electron chi connectivity index (χ3n) is 3.75. The van der Waals surface area contributed by atoms with Crippen LogP contribution < -0.4 is 10.6 Å². The topological polar surface area (TPSA) is 108 Å². The molecule has 0 spiro atoms. The lowest BCUT2D eigenvalue weighted by molar-refractivity contribution is -0.134. The van der Waals surface area contributed by atoms with Gasteiger partial charge >= 0.3 is 0 Å². The molecule has 0 fully saturated rings. The van der Waals surface area contributed by atoms with Crippen LogP contribution in [0.5, 0.6) is 0 Å². The summed E-state index contributed by atoms with van der Waals surface area (Å²) in [5.74, 6) is -0.366. The minimum atomic E-state index is -2.69. The maximum Gasteiger partial charge on any atom is 0.270 e. The molecule has 1 aromatic rings. The van der Waals surface area contributed by atoms with Gasteiger partial charge in [0.05, 0.1) is 15.4 Å². The number of amides is 1. The Hall–Kier alpha value is -1.74. The predicted molar refractivity (Wildman–Crippen MR) is 86.0 cm³/mol. The first-order valence-corrected chi connectivity index (χ1v) is 8.28. The summed E-state index contributed by atoms with van der Waals surface area (Å²) in [4.78, 5) is 13.2. The number of carbonyl (C=O) groups excluding carboxylic acids is 1. The quantitative estimate of drug-likeness (QED) is 0.550. The molecular formula is C14H20N4O3S. The summed E-state index contributed by atoms with van der Waals surface area (Å²) in [5, 5.41) is 20.5. The fourth-order valence-electron chi connectivity index (χ4n) is 2.22. The molecule has 0 aliphatic carbocycles. The highest BCUT2D eigenvalue weighted by Crippen LogP contribution is 2.24. The van der Waals surface area contributed by atoms with E-state index in [1.807, 2.05) is 5.48 Å². The Morgan fingerprint density at radius 1 is 1.36 bits per heavy atom. The Labute approximate surface area is 129 Å². The maximum atomic E-state index is 12.4. The molecule has 2 atom stereocenters. The van der Waals surface area contributed by atoms with Gasteiger partial charge in [0.1, 0.15) is 0 Å². The number of likely N-dealkylation sites (N-methyl/N-ethyl adjacent to an activating group) is 1. The van der Waals surface area contributed by atoms with Crippen molar-refractivity contribution < 1.29 is 14.2 Å². The Balaban J connectivity index is 2.49. The second-order valence-corrected chi connectivity index (χ2v) is 8.04. The van der Waals surface area contributed by atoms with Crippen molar-refractivity contribution in [1.29, 1.82) is 0 Å². The van der Waals surface area contributed by atoms with Crippen LogP contribution in [0.4, 0.5) is 0 Å². The fraction of sp³-hybridized carbons (Fsp3) is 0.357. The van der Waals surface area contributed by atoms with Crippen molar-refractivity contribution in [3.63, 3.8) is 0 Å². The van der Waals surface area contributed by atoms with Gasteiger partial charge in [-0.3, -0.25) is 9.93 Å². The van der Waals surface area contributed by atoms with Gasteiger partial charge in [-0.15, -0.1) is 0 Å². The number of rotatable bonds is 3. The summed E-state index contributed by atoms with van der Waals surface area (Å²) < 4.78 is 12.4. The lowest BCUT2D eigenvalue weighted by atomic mass is 9.91. The van der Waals surface area contributed by atoms with Gasteiger partial charge in [0, 0.05) is 17.5 Å². The SMILES string of the molecule is CC(C)=S(N)(=O)c1ccc(C2=NN(C)C(=O)C2(C)NO)cc1. The minimum Gasteiger partial charge on any atom is -0.315 e. The average molecular weight is 324 g/mol. The first-order chi connectivity index (χ1) is 10.1. The molecule has 0 radical (unpaired) electrons. The summed E-state index contributed by atoms with van der Waals surface area (Å²) in [6, 6.07) is 6.67. The number of benzene rings is 1. The van der Waals surface area contributed by atoms with Crippen molar-refractivity contribution >= 4 is 26.2 Å². The molecule has 0 saturated carbocycles. The van der Waals surface area contributed by atoms with Gasteiger partial charge in [-0.05, 0) is 37.8 Å². The number of hydroxylamine groups is 1. The number of hydrogen-bond acceptors (Lipinski definition) is 5. The molecule has 0 saturated heterocycles. The maximum absolute atomic E-state index is 12.4. The van der Waals surface area contributed by atoms with Gasteiger partial charge in [0.15, 0.2) is 5.54 Å². The number of hydrazone groups is 1. The normalized spacial score (nSPS) is 24.2. The molecule has 2 rings (SSSR count). The second-order valence-electron chi connectivity index (χ2n) is 5.55. The summed E-state index contributed by atoms with van der Waals surface area (Å²) in [5.41, 5.74) is 1.73. The molecule has 120 valence electrons. The largest absolute Gasteiger partial charge is 0.315 e. The van der Waals surface area contributed by atoms with Crippen molar-refractivity contribution in [3.8, 4) is 0 Å². The van der Waals surface area contributed by atoms with Crippen molar-refractivity contribution in [1.82, 2.24) is 10.5 Å². The van der Waals surface area contributed by atoms with Crippen molar-refractivity contribution in [2.75, 3.05) is 7.05 Å². The van der Waals surface area contributed by atoms with E-state index in [0.29, 0.717) is 21.0 Å². The van der Waals surface area contributed by atoms with Gasteiger partial charge in [-0.1, -0.05) is 12.1 Å². The third kappa shape index (κ3) is 2.44. The van der Waals surface area contributed by atoms with Crippen molar-refractivity contribution in [2.45, 2.75) is 31.2 Å². The van der Waals surface area contributed by atoms with E-state index in [2.05, 4.69) is 5.10 Å². The molecule has 1 amide bonds. The van der Waals surface area contributed by atoms with Gasteiger partial charge in [-0.2, -0.15) is 10.6 Å². The Morgan fingerprint density at radius 3 is 2.36 bits per heavy atom. The zero-order valence-corrected chi connectivity index (χ0v) is 13.8. The fourth-order valence-corrected chi connectivity index (χ4v) is 3.23. The zero-order chi connectivity index (χ0) is 16.7. The van der Waals surface area contributed by atoms with Crippen LogP contribution in [0.1, 0.15) is 26.3 Å². The molecule has 2 unspecified atom stereocenters. The molecule has 1 heterocycles. The monoisotopic (exact) mass is 324 g/mol. The van der Waals surface area contributed by atoms with Gasteiger partial charge in [0.2, 0.25) is 0 Å². The van der Waals surface area contributed by atoms with E-state index in [9.17, 15) is 14.2 Å². The zero-order valence-electron chi connectivity index (χ0n) is 13.0. The highest BCUT2D eigenvalue weighted by atomic mass is 32.2. The molecular weight excluding hydrogens is 304 g/mol. The Kier molecular flexibility index (Phi) is 4.14. The van der Waals surface area contributed by atoms with Gasteiger partial charge < -0.3 is 5.21 Å². The van der Waals surface area contributed by atoms with E-state index in [4.69, 9.17) is 5.14 Å². The molecule has 1 aliphatic heterocycles. The summed E-state index contributed by atoms with van der Waals surface area (Å²) in [7, 11) is -1.17. The van der Waals surface area contributed by atoms with Crippen LogP contribution >= 0.6 is 0 Å². The summed E-state index contributed by atoms with van der Waals surface area (Å²) >= 11 is 0. The van der Waals surface area contributed by atoms with Crippen LogP contribution in [0, 0.1) is 0 Å². The van der Waals surface area contributed by atoms with E-state index >= 15 is 0 Å². The average Bonchev–Trinajstić information content (AvgIpc) is 2.72. The highest BCUT2D eigenvalue weighted by molar-refractivity contribution is 8.00. The first-order valence-electron chi connectivity index (χ1n) is 6.65. The second kappa shape index (κ2) is 5.47. The highest BCUT2D eigenvalue weighted by Gasteiger charge is 2.46. The van der Waals surface area contributed by atoms with E-state index in [0.717, 1.165) is 0 Å². The smallest absolute Gasteiger partial charge is 0.270 e. The number of carbonyl (C=O) groups is 1. The van der Waals surface area contributed by atoms with Crippen molar-refractivity contribution in [2.24, 2.45) is 10.2 Å². The number of hydrogen-bond donors (Lipinski definition) is 3. The third-order valence-corrected chi connectivity index (χ3v) is 5.94. The van der Waals surface area contributed by atoms with E-state index in [-0.39, 0.29) is 5.91 Å². The molecule has 4 N–H and O–H groups in total. The van der Waals surface area contributed by atoms with Crippen LogP contribution in [-0.2, 0) is 14.5 Å². The summed E-state index contributed by atoms with van der Waals surface area (Å²) in [6.45, 7) is 4.98. The Bertz CT molecular complexity index is 759. The molecule has 8 heteroatoms. The van der Waals surface area contributed by atoms with Crippen molar-refractivity contribution in [3.05, 3.63) is 29.8 Å². The van der Waals surface area contributed by atoms with Gasteiger partial charge in [0.25, 0.3) is 5.91 Å². The molecule has 1 aromatic carbocycles. The molecule has 22 heavy (non-hydrogen) atoms. The summed E-state index contributed by atoms with van der Waals surface area (Å²) in [6.07, 6.45) is 0. The van der Waals surface area contributed by atoms with E-state index in [1.54, 1.807) is 45.0 Å². The lowest BCUT2D eigenvalue weighted by Crippen LogP contribution is -2.53. The van der Waals surface area contributed by atoms with E-state index < -0.39 is 15.2 Å². The van der Waals surface area contributed by atoms with Gasteiger partial charge in [-0.25, -0.2) is 9.22 Å². The molecule has 1 aliphatic rings. The van der Waals surface area contributed by atoms with Crippen LogP contribution in [-0.4, -0.2) is 43.5 Å². The number of nitrogens with zero attached hydrogens (tertiary/aromatic N) is 2.